The molecule has 0 rings (SSSR count). The van der Waals surface area contributed by atoms with E-state index in [0.717, 1.165) is 13.1 Å². The summed E-state index contributed by atoms with van der Waals surface area (Å²) in [7, 11) is 0. The predicted molar refractivity (Wildman–Crippen MR) is 63.1 cm³/mol. The van der Waals surface area contributed by atoms with E-state index in [0.29, 0.717) is 12.3 Å². The van der Waals surface area contributed by atoms with Crippen LogP contribution in [0.15, 0.2) is 0 Å². The molecule has 0 aliphatic rings. The summed E-state index contributed by atoms with van der Waals surface area (Å²) >= 11 is 0. The standard InChI is InChI=1S/C11H25N3O/c1-5-9(3)8-14(6-2)10(4)7-11(15)13-12/h9-10H,5-8,12H2,1-4H3,(H,13,15). The number of nitrogens with two attached hydrogens (primary N) is 1. The van der Waals surface area contributed by atoms with Gasteiger partial charge in [0.1, 0.15) is 0 Å². The molecule has 0 saturated heterocycles. The Morgan fingerprint density at radius 3 is 2.40 bits per heavy atom. The van der Waals surface area contributed by atoms with Crippen molar-refractivity contribution in [1.82, 2.24) is 10.3 Å². The summed E-state index contributed by atoms with van der Waals surface area (Å²) in [4.78, 5) is 13.5. The molecule has 90 valence electrons. The Labute approximate surface area is 93.2 Å². The first kappa shape index (κ1) is 14.4. The highest BCUT2D eigenvalue weighted by molar-refractivity contribution is 5.75. The van der Waals surface area contributed by atoms with Crippen molar-refractivity contribution in [3.8, 4) is 0 Å². The highest BCUT2D eigenvalue weighted by Gasteiger charge is 2.16. The number of amides is 1. The molecule has 0 aromatic rings. The molecule has 3 N–H and O–H groups in total. The average Bonchev–Trinajstić information content (AvgIpc) is 2.24. The monoisotopic (exact) mass is 215 g/mol. The van der Waals surface area contributed by atoms with Gasteiger partial charge in [-0.05, 0) is 19.4 Å². The maximum absolute atomic E-state index is 11.1. The SMILES string of the molecule is CCC(C)CN(CC)C(C)CC(=O)NN. The second kappa shape index (κ2) is 7.65. The zero-order valence-corrected chi connectivity index (χ0v) is 10.4. The summed E-state index contributed by atoms with van der Waals surface area (Å²) in [6, 6.07) is 0.257. The summed E-state index contributed by atoms with van der Waals surface area (Å²) in [5.41, 5.74) is 2.18. The van der Waals surface area contributed by atoms with Crippen LogP contribution in [0.4, 0.5) is 0 Å². The molecule has 2 atom stereocenters. The van der Waals surface area contributed by atoms with E-state index >= 15 is 0 Å². The molecule has 0 spiro atoms. The van der Waals surface area contributed by atoms with Gasteiger partial charge in [-0.25, -0.2) is 5.84 Å². The molecule has 0 aliphatic carbocycles. The number of rotatable bonds is 7. The van der Waals surface area contributed by atoms with Crippen molar-refractivity contribution < 1.29 is 4.79 Å². The summed E-state index contributed by atoms with van der Waals surface area (Å²) in [5.74, 6) is 5.65. The lowest BCUT2D eigenvalue weighted by atomic mass is 10.1. The van der Waals surface area contributed by atoms with E-state index in [-0.39, 0.29) is 11.9 Å². The summed E-state index contributed by atoms with van der Waals surface area (Å²) in [5, 5.41) is 0. The van der Waals surface area contributed by atoms with Crippen LogP contribution in [0.3, 0.4) is 0 Å². The third-order valence-electron chi connectivity index (χ3n) is 2.91. The number of nitrogens with one attached hydrogen (secondary N) is 1. The Balaban J connectivity index is 4.09. The van der Waals surface area contributed by atoms with Gasteiger partial charge in [0.15, 0.2) is 0 Å². The molecule has 0 radical (unpaired) electrons. The van der Waals surface area contributed by atoms with Crippen molar-refractivity contribution in [2.45, 2.75) is 46.6 Å². The fraction of sp³-hybridized carbons (Fsp3) is 0.909. The van der Waals surface area contributed by atoms with Gasteiger partial charge in [0.25, 0.3) is 0 Å². The van der Waals surface area contributed by atoms with Gasteiger partial charge in [-0.3, -0.25) is 10.2 Å². The molecule has 0 heterocycles. The van der Waals surface area contributed by atoms with Crippen molar-refractivity contribution in [3.63, 3.8) is 0 Å². The smallest absolute Gasteiger partial charge is 0.235 e. The van der Waals surface area contributed by atoms with Gasteiger partial charge in [-0.1, -0.05) is 27.2 Å². The van der Waals surface area contributed by atoms with Crippen LogP contribution in [0, 0.1) is 5.92 Å². The first-order valence-electron chi connectivity index (χ1n) is 5.78. The molecule has 15 heavy (non-hydrogen) atoms. The zero-order chi connectivity index (χ0) is 11.8. The minimum absolute atomic E-state index is 0.0925. The molecule has 1 amide bonds. The van der Waals surface area contributed by atoms with Crippen LogP contribution in [-0.4, -0.2) is 29.9 Å². The van der Waals surface area contributed by atoms with Gasteiger partial charge in [0.05, 0.1) is 0 Å². The number of carbonyl (C=O) groups excluding carboxylic acids is 1. The highest BCUT2D eigenvalue weighted by atomic mass is 16.2. The van der Waals surface area contributed by atoms with Gasteiger partial charge >= 0.3 is 0 Å². The Hall–Kier alpha value is -0.610. The van der Waals surface area contributed by atoms with Crippen LogP contribution in [0.25, 0.3) is 0 Å². The fourth-order valence-electron chi connectivity index (χ4n) is 1.61. The van der Waals surface area contributed by atoms with Crippen molar-refractivity contribution in [1.29, 1.82) is 0 Å². The van der Waals surface area contributed by atoms with E-state index < -0.39 is 0 Å². The van der Waals surface area contributed by atoms with Crippen LogP contribution in [-0.2, 0) is 4.79 Å². The summed E-state index contributed by atoms with van der Waals surface area (Å²) in [6.45, 7) is 10.6. The van der Waals surface area contributed by atoms with Gasteiger partial charge in [-0.15, -0.1) is 0 Å². The number of hydrogen-bond acceptors (Lipinski definition) is 3. The minimum Gasteiger partial charge on any atom is -0.300 e. The number of hydrogen-bond donors (Lipinski definition) is 2. The topological polar surface area (TPSA) is 58.4 Å². The van der Waals surface area contributed by atoms with Crippen LogP contribution >= 0.6 is 0 Å². The van der Waals surface area contributed by atoms with Crippen LogP contribution in [0.5, 0.6) is 0 Å². The molecular weight excluding hydrogens is 190 g/mol. The molecule has 0 bridgehead atoms. The van der Waals surface area contributed by atoms with Gasteiger partial charge in [-0.2, -0.15) is 0 Å². The van der Waals surface area contributed by atoms with Crippen molar-refractivity contribution in [3.05, 3.63) is 0 Å². The van der Waals surface area contributed by atoms with Crippen LogP contribution in [0.2, 0.25) is 0 Å². The Kier molecular flexibility index (Phi) is 7.34. The maximum atomic E-state index is 11.1. The lowest BCUT2D eigenvalue weighted by Gasteiger charge is -2.29. The molecule has 4 heteroatoms. The van der Waals surface area contributed by atoms with E-state index in [2.05, 4.69) is 38.0 Å². The molecule has 0 aliphatic heterocycles. The van der Waals surface area contributed by atoms with Gasteiger partial charge in [0.2, 0.25) is 5.91 Å². The number of carbonyl (C=O) groups is 1. The number of hydrazine groups is 1. The Bertz CT molecular complexity index is 185. The molecule has 0 saturated carbocycles. The second-order valence-corrected chi connectivity index (χ2v) is 4.22. The van der Waals surface area contributed by atoms with E-state index in [1.165, 1.54) is 6.42 Å². The van der Waals surface area contributed by atoms with Gasteiger partial charge in [0, 0.05) is 19.0 Å². The average molecular weight is 215 g/mol. The highest BCUT2D eigenvalue weighted by Crippen LogP contribution is 2.09. The second-order valence-electron chi connectivity index (χ2n) is 4.22. The quantitative estimate of drug-likeness (QED) is 0.380. The Morgan fingerprint density at radius 1 is 1.40 bits per heavy atom. The van der Waals surface area contributed by atoms with Crippen molar-refractivity contribution in [2.75, 3.05) is 13.1 Å². The van der Waals surface area contributed by atoms with Gasteiger partial charge < -0.3 is 4.90 Å². The largest absolute Gasteiger partial charge is 0.300 e. The molecule has 0 aromatic carbocycles. The normalized spacial score (nSPS) is 15.1. The lowest BCUT2D eigenvalue weighted by Crippen LogP contribution is -2.41. The number of nitrogens with zero attached hydrogens (tertiary/aromatic N) is 1. The Morgan fingerprint density at radius 2 is 2.00 bits per heavy atom. The van der Waals surface area contributed by atoms with Crippen molar-refractivity contribution >= 4 is 5.91 Å². The molecule has 4 nitrogen and oxygen atoms in total. The van der Waals surface area contributed by atoms with Crippen LogP contribution < -0.4 is 11.3 Å². The molecule has 2 unspecified atom stereocenters. The fourth-order valence-corrected chi connectivity index (χ4v) is 1.61. The first-order valence-corrected chi connectivity index (χ1v) is 5.78. The predicted octanol–water partition coefficient (Wildman–Crippen LogP) is 1.12. The minimum atomic E-state index is -0.0925. The maximum Gasteiger partial charge on any atom is 0.235 e. The summed E-state index contributed by atoms with van der Waals surface area (Å²) < 4.78 is 0. The third kappa shape index (κ3) is 5.74. The third-order valence-corrected chi connectivity index (χ3v) is 2.91. The van der Waals surface area contributed by atoms with E-state index in [1.807, 2.05) is 0 Å². The molecule has 0 aromatic heterocycles. The molecule has 0 fully saturated rings. The van der Waals surface area contributed by atoms with E-state index in [9.17, 15) is 4.79 Å². The molecular formula is C11H25N3O. The zero-order valence-electron chi connectivity index (χ0n) is 10.4. The van der Waals surface area contributed by atoms with Crippen molar-refractivity contribution in [2.24, 2.45) is 11.8 Å². The van der Waals surface area contributed by atoms with Crippen LogP contribution in [0.1, 0.15) is 40.5 Å². The first-order chi connectivity index (χ1) is 7.04. The van der Waals surface area contributed by atoms with E-state index in [1.54, 1.807) is 0 Å². The van der Waals surface area contributed by atoms with E-state index in [4.69, 9.17) is 5.84 Å². The summed E-state index contributed by atoms with van der Waals surface area (Å²) in [6.07, 6.45) is 1.65. The lowest BCUT2D eigenvalue weighted by molar-refractivity contribution is -0.122.